The minimum Gasteiger partial charge on any atom is -0.419 e. The molecule has 4 nitrogen and oxygen atoms in total. The first kappa shape index (κ1) is 10.9. The van der Waals surface area contributed by atoms with Crippen LogP contribution in [0.2, 0.25) is 0 Å². The molecule has 2 rings (SSSR count). The van der Waals surface area contributed by atoms with Gasteiger partial charge in [-0.1, -0.05) is 0 Å². The topological polar surface area (TPSA) is 52.6 Å². The molecule has 0 amide bonds. The molecule has 0 aliphatic carbocycles. The Morgan fingerprint density at radius 3 is 2.38 bits per heavy atom. The van der Waals surface area contributed by atoms with Crippen LogP contribution in [0, 0.1) is 0 Å². The van der Waals surface area contributed by atoms with Gasteiger partial charge in [0, 0.05) is 13.8 Å². The summed E-state index contributed by atoms with van der Waals surface area (Å²) in [5.41, 5.74) is 0.714. The standard InChI is InChI=1S/C11H10O4S/c1-11(2)14-9(12)8(10(13)15-11)5-7-3-4-16-6-7/h3-6H,1-2H3. The molecule has 0 aromatic carbocycles. The Morgan fingerprint density at radius 1 is 1.25 bits per heavy atom. The normalized spacial score (nSPS) is 19.0. The second-order valence-corrected chi connectivity index (χ2v) is 4.57. The number of rotatable bonds is 1. The van der Waals surface area contributed by atoms with Crippen molar-refractivity contribution in [2.24, 2.45) is 0 Å². The summed E-state index contributed by atoms with van der Waals surface area (Å²) in [6.07, 6.45) is 1.47. The molecule has 1 fully saturated rings. The zero-order chi connectivity index (χ0) is 11.8. The molecule has 0 N–H and O–H groups in total. The van der Waals surface area contributed by atoms with Crippen molar-refractivity contribution in [1.29, 1.82) is 0 Å². The molecule has 16 heavy (non-hydrogen) atoms. The average Bonchev–Trinajstić information content (AvgIpc) is 2.62. The molecule has 84 valence electrons. The Kier molecular flexibility index (Phi) is 2.55. The summed E-state index contributed by atoms with van der Waals surface area (Å²) in [7, 11) is 0. The number of esters is 2. The van der Waals surface area contributed by atoms with Gasteiger partial charge in [0.25, 0.3) is 5.79 Å². The smallest absolute Gasteiger partial charge is 0.348 e. The molecule has 1 aliphatic heterocycles. The van der Waals surface area contributed by atoms with Crippen molar-refractivity contribution < 1.29 is 19.1 Å². The lowest BCUT2D eigenvalue weighted by Crippen LogP contribution is -2.41. The Bertz CT molecular complexity index is 434. The van der Waals surface area contributed by atoms with E-state index < -0.39 is 17.7 Å². The Morgan fingerprint density at radius 2 is 1.88 bits per heavy atom. The number of carbonyl (C=O) groups excluding carboxylic acids is 2. The highest BCUT2D eigenvalue weighted by atomic mass is 32.1. The van der Waals surface area contributed by atoms with Crippen molar-refractivity contribution in [2.75, 3.05) is 0 Å². The Hall–Kier alpha value is -1.62. The largest absolute Gasteiger partial charge is 0.419 e. The van der Waals surface area contributed by atoms with Crippen LogP contribution in [0.25, 0.3) is 6.08 Å². The first-order valence-corrected chi connectivity index (χ1v) is 5.63. The number of cyclic esters (lactones) is 2. The van der Waals surface area contributed by atoms with Crippen LogP contribution in [0.15, 0.2) is 22.4 Å². The van der Waals surface area contributed by atoms with Gasteiger partial charge < -0.3 is 9.47 Å². The van der Waals surface area contributed by atoms with E-state index in [1.54, 1.807) is 6.07 Å². The van der Waals surface area contributed by atoms with Gasteiger partial charge >= 0.3 is 11.9 Å². The highest BCUT2D eigenvalue weighted by molar-refractivity contribution is 7.08. The van der Waals surface area contributed by atoms with E-state index in [4.69, 9.17) is 9.47 Å². The van der Waals surface area contributed by atoms with Gasteiger partial charge in [0.05, 0.1) is 0 Å². The summed E-state index contributed by atoms with van der Waals surface area (Å²) in [6.45, 7) is 3.04. The molecule has 0 spiro atoms. The summed E-state index contributed by atoms with van der Waals surface area (Å²) in [6, 6.07) is 1.80. The number of hydrogen-bond acceptors (Lipinski definition) is 5. The van der Waals surface area contributed by atoms with Gasteiger partial charge in [0.2, 0.25) is 0 Å². The van der Waals surface area contributed by atoms with Gasteiger partial charge in [0.1, 0.15) is 5.57 Å². The van der Waals surface area contributed by atoms with Gasteiger partial charge in [-0.3, -0.25) is 0 Å². The minimum atomic E-state index is -1.18. The fraction of sp³-hybridized carbons (Fsp3) is 0.273. The molecule has 1 saturated heterocycles. The van der Waals surface area contributed by atoms with Gasteiger partial charge in [0.15, 0.2) is 0 Å². The molecule has 1 aromatic rings. The zero-order valence-corrected chi connectivity index (χ0v) is 9.67. The van der Waals surface area contributed by atoms with E-state index in [9.17, 15) is 9.59 Å². The third-order valence-corrected chi connectivity index (χ3v) is 2.67. The van der Waals surface area contributed by atoms with E-state index in [2.05, 4.69) is 0 Å². The molecule has 0 unspecified atom stereocenters. The lowest BCUT2D eigenvalue weighted by molar-refractivity contribution is -0.222. The third-order valence-electron chi connectivity index (χ3n) is 1.97. The summed E-state index contributed by atoms with van der Waals surface area (Å²) < 4.78 is 9.92. The second-order valence-electron chi connectivity index (χ2n) is 3.79. The fourth-order valence-electron chi connectivity index (χ4n) is 1.30. The predicted molar refractivity (Wildman–Crippen MR) is 58.6 cm³/mol. The van der Waals surface area contributed by atoms with Crippen LogP contribution in [0.4, 0.5) is 0 Å². The van der Waals surface area contributed by atoms with E-state index in [0.29, 0.717) is 0 Å². The van der Waals surface area contributed by atoms with Crippen LogP contribution in [0.1, 0.15) is 19.4 Å². The summed E-state index contributed by atoms with van der Waals surface area (Å²) in [5, 5.41) is 3.68. The lowest BCUT2D eigenvalue weighted by atomic mass is 10.1. The maximum Gasteiger partial charge on any atom is 0.348 e. The average molecular weight is 238 g/mol. The summed E-state index contributed by atoms with van der Waals surface area (Å²) in [4.78, 5) is 23.1. The number of carbonyl (C=O) groups is 2. The Labute approximate surface area is 96.5 Å². The Balaban J connectivity index is 2.30. The van der Waals surface area contributed by atoms with Crippen molar-refractivity contribution in [1.82, 2.24) is 0 Å². The number of ether oxygens (including phenoxy) is 2. The molecule has 1 aromatic heterocycles. The number of hydrogen-bond donors (Lipinski definition) is 0. The number of thiophene rings is 1. The predicted octanol–water partition coefficient (Wildman–Crippen LogP) is 1.97. The van der Waals surface area contributed by atoms with Gasteiger partial charge in [-0.15, -0.1) is 0 Å². The molecule has 2 heterocycles. The van der Waals surface area contributed by atoms with Crippen LogP contribution < -0.4 is 0 Å². The van der Waals surface area contributed by atoms with Crippen LogP contribution in [-0.4, -0.2) is 17.7 Å². The van der Waals surface area contributed by atoms with E-state index >= 15 is 0 Å². The van der Waals surface area contributed by atoms with Crippen molar-refractivity contribution in [3.63, 3.8) is 0 Å². The molecular formula is C11H10O4S. The molecule has 5 heteroatoms. The molecule has 1 aliphatic rings. The quantitative estimate of drug-likeness (QED) is 0.426. The van der Waals surface area contributed by atoms with Gasteiger partial charge in [-0.25, -0.2) is 9.59 Å². The summed E-state index contributed by atoms with van der Waals surface area (Å²) in [5.74, 6) is -2.47. The molecule has 0 bridgehead atoms. The summed E-state index contributed by atoms with van der Waals surface area (Å²) >= 11 is 1.48. The van der Waals surface area contributed by atoms with Gasteiger partial charge in [-0.2, -0.15) is 11.3 Å². The highest BCUT2D eigenvalue weighted by Crippen LogP contribution is 2.24. The second kappa shape index (κ2) is 3.75. The van der Waals surface area contributed by atoms with Crippen molar-refractivity contribution in [3.8, 4) is 0 Å². The van der Waals surface area contributed by atoms with Crippen LogP contribution >= 0.6 is 11.3 Å². The maximum absolute atomic E-state index is 11.6. The first-order chi connectivity index (χ1) is 7.48. The van der Waals surface area contributed by atoms with Crippen molar-refractivity contribution >= 4 is 29.4 Å². The van der Waals surface area contributed by atoms with Crippen LogP contribution in [-0.2, 0) is 19.1 Å². The third kappa shape index (κ3) is 2.14. The van der Waals surface area contributed by atoms with Crippen molar-refractivity contribution in [3.05, 3.63) is 28.0 Å². The zero-order valence-electron chi connectivity index (χ0n) is 8.85. The highest BCUT2D eigenvalue weighted by Gasteiger charge is 2.38. The molecule has 0 radical (unpaired) electrons. The SMILES string of the molecule is CC1(C)OC(=O)C(=Cc2ccsc2)C(=O)O1. The van der Waals surface area contributed by atoms with E-state index in [-0.39, 0.29) is 5.57 Å². The maximum atomic E-state index is 11.6. The fourth-order valence-corrected chi connectivity index (χ4v) is 1.92. The van der Waals surface area contributed by atoms with E-state index in [1.807, 2.05) is 10.8 Å². The van der Waals surface area contributed by atoms with E-state index in [0.717, 1.165) is 5.56 Å². The van der Waals surface area contributed by atoms with Crippen molar-refractivity contribution in [2.45, 2.75) is 19.6 Å². The molecule has 0 atom stereocenters. The minimum absolute atomic E-state index is 0.0716. The molecule has 0 saturated carbocycles. The molecular weight excluding hydrogens is 228 g/mol. The first-order valence-electron chi connectivity index (χ1n) is 4.68. The lowest BCUT2D eigenvalue weighted by Gasteiger charge is -2.29. The van der Waals surface area contributed by atoms with Crippen LogP contribution in [0.5, 0.6) is 0 Å². The van der Waals surface area contributed by atoms with E-state index in [1.165, 1.54) is 31.3 Å². The van der Waals surface area contributed by atoms with Gasteiger partial charge in [-0.05, 0) is 28.5 Å². The van der Waals surface area contributed by atoms with Crippen LogP contribution in [0.3, 0.4) is 0 Å². The monoisotopic (exact) mass is 238 g/mol.